The molecule has 0 fully saturated rings. The zero-order valence-corrected chi connectivity index (χ0v) is 9.96. The average Bonchev–Trinajstić information content (AvgIpc) is 2.26. The molecule has 2 unspecified atom stereocenters. The van der Waals surface area contributed by atoms with E-state index in [2.05, 4.69) is 19.2 Å². The highest BCUT2D eigenvalue weighted by Gasteiger charge is 2.11. The van der Waals surface area contributed by atoms with Crippen molar-refractivity contribution in [1.29, 1.82) is 0 Å². The Morgan fingerprint density at radius 1 is 1.40 bits per heavy atom. The first kappa shape index (κ1) is 12.5. The normalized spacial score (nSPS) is 14.9. The van der Waals surface area contributed by atoms with Crippen LogP contribution in [0, 0.1) is 0 Å². The summed E-state index contributed by atoms with van der Waals surface area (Å²) in [6.07, 6.45) is 0.516. The van der Waals surface area contributed by atoms with Crippen LogP contribution in [0.2, 0.25) is 5.02 Å². The molecular weight excluding hydrogens is 210 g/mol. The Labute approximate surface area is 96.3 Å². The Hall–Kier alpha value is -0.570. The van der Waals surface area contributed by atoms with Crippen LogP contribution in [0.4, 0.5) is 0 Å². The van der Waals surface area contributed by atoms with E-state index in [0.717, 1.165) is 12.0 Å². The van der Waals surface area contributed by atoms with Gasteiger partial charge in [0.05, 0.1) is 6.10 Å². The first-order valence-corrected chi connectivity index (χ1v) is 5.68. The van der Waals surface area contributed by atoms with Crippen molar-refractivity contribution in [2.45, 2.75) is 32.4 Å². The zero-order chi connectivity index (χ0) is 11.3. The fourth-order valence-corrected chi connectivity index (χ4v) is 1.57. The highest BCUT2D eigenvalue weighted by Crippen LogP contribution is 2.21. The molecule has 2 atom stereocenters. The van der Waals surface area contributed by atoms with E-state index in [9.17, 15) is 5.11 Å². The molecule has 2 N–H and O–H groups in total. The molecule has 0 aromatic heterocycles. The fourth-order valence-electron chi connectivity index (χ4n) is 1.31. The highest BCUT2D eigenvalue weighted by molar-refractivity contribution is 6.31. The van der Waals surface area contributed by atoms with Gasteiger partial charge in [-0.25, -0.2) is 0 Å². The topological polar surface area (TPSA) is 32.3 Å². The minimum Gasteiger partial charge on any atom is -0.387 e. The molecule has 0 radical (unpaired) electrons. The van der Waals surface area contributed by atoms with Crippen LogP contribution in [-0.2, 0) is 0 Å². The van der Waals surface area contributed by atoms with E-state index >= 15 is 0 Å². The first-order chi connectivity index (χ1) is 7.15. The van der Waals surface area contributed by atoms with Gasteiger partial charge >= 0.3 is 0 Å². The smallest absolute Gasteiger partial charge is 0.0928 e. The highest BCUT2D eigenvalue weighted by atomic mass is 35.5. The average molecular weight is 228 g/mol. The van der Waals surface area contributed by atoms with Gasteiger partial charge in [0.2, 0.25) is 0 Å². The molecule has 0 saturated carbocycles. The van der Waals surface area contributed by atoms with Crippen LogP contribution in [0.25, 0.3) is 0 Å². The van der Waals surface area contributed by atoms with Crippen LogP contribution >= 0.6 is 11.6 Å². The molecule has 1 rings (SSSR count). The van der Waals surface area contributed by atoms with Crippen molar-refractivity contribution in [3.05, 3.63) is 34.9 Å². The zero-order valence-electron chi connectivity index (χ0n) is 9.20. The molecule has 0 saturated heterocycles. The molecule has 1 aromatic carbocycles. The lowest BCUT2D eigenvalue weighted by atomic mass is 10.1. The third kappa shape index (κ3) is 3.82. The lowest BCUT2D eigenvalue weighted by molar-refractivity contribution is 0.170. The van der Waals surface area contributed by atoms with E-state index in [0.29, 0.717) is 17.6 Å². The third-order valence-corrected chi connectivity index (χ3v) is 2.88. The van der Waals surface area contributed by atoms with Crippen LogP contribution in [-0.4, -0.2) is 17.7 Å². The Morgan fingerprint density at radius 2 is 2.07 bits per heavy atom. The van der Waals surface area contributed by atoms with E-state index in [1.54, 1.807) is 6.07 Å². The number of aliphatic hydroxyl groups excluding tert-OH is 1. The van der Waals surface area contributed by atoms with Crippen molar-refractivity contribution in [2.75, 3.05) is 6.54 Å². The number of halogens is 1. The number of hydrogen-bond donors (Lipinski definition) is 2. The van der Waals surface area contributed by atoms with Gasteiger partial charge in [-0.3, -0.25) is 0 Å². The van der Waals surface area contributed by atoms with E-state index < -0.39 is 6.10 Å². The molecule has 3 heteroatoms. The van der Waals surface area contributed by atoms with Crippen molar-refractivity contribution in [2.24, 2.45) is 0 Å². The Kier molecular flexibility index (Phi) is 5.09. The quantitative estimate of drug-likeness (QED) is 0.811. The molecule has 0 aliphatic rings. The molecule has 0 heterocycles. The fraction of sp³-hybridized carbons (Fsp3) is 0.500. The predicted molar refractivity (Wildman–Crippen MR) is 64.2 cm³/mol. The predicted octanol–water partition coefficient (Wildman–Crippen LogP) is 2.76. The second kappa shape index (κ2) is 6.11. The second-order valence-electron chi connectivity index (χ2n) is 3.75. The Bertz CT molecular complexity index is 303. The van der Waals surface area contributed by atoms with Gasteiger partial charge in [-0.2, -0.15) is 0 Å². The largest absolute Gasteiger partial charge is 0.387 e. The van der Waals surface area contributed by atoms with Crippen LogP contribution in [0.1, 0.15) is 31.9 Å². The molecule has 84 valence electrons. The van der Waals surface area contributed by atoms with Crippen molar-refractivity contribution in [1.82, 2.24) is 5.32 Å². The standard InChI is InChI=1S/C12H18ClNO/c1-3-9(2)14-8-12(15)10-6-4-5-7-11(10)13/h4-7,9,12,14-15H,3,8H2,1-2H3. The summed E-state index contributed by atoms with van der Waals surface area (Å²) in [5, 5.41) is 13.8. The summed E-state index contributed by atoms with van der Waals surface area (Å²) in [5.41, 5.74) is 0.787. The molecular formula is C12H18ClNO. The SMILES string of the molecule is CCC(C)NCC(O)c1ccccc1Cl. The van der Waals surface area contributed by atoms with Crippen LogP contribution in [0.3, 0.4) is 0 Å². The molecule has 0 spiro atoms. The summed E-state index contributed by atoms with van der Waals surface area (Å²) in [6.45, 7) is 4.75. The second-order valence-corrected chi connectivity index (χ2v) is 4.16. The summed E-state index contributed by atoms with van der Waals surface area (Å²) < 4.78 is 0. The lowest BCUT2D eigenvalue weighted by Gasteiger charge is -2.16. The van der Waals surface area contributed by atoms with Gasteiger partial charge in [-0.15, -0.1) is 0 Å². The Morgan fingerprint density at radius 3 is 2.67 bits per heavy atom. The van der Waals surface area contributed by atoms with Crippen molar-refractivity contribution in [3.63, 3.8) is 0 Å². The summed E-state index contributed by atoms with van der Waals surface area (Å²) in [5.74, 6) is 0. The summed E-state index contributed by atoms with van der Waals surface area (Å²) >= 11 is 5.98. The van der Waals surface area contributed by atoms with Gasteiger partial charge in [0.15, 0.2) is 0 Å². The van der Waals surface area contributed by atoms with Crippen LogP contribution in [0.5, 0.6) is 0 Å². The number of rotatable bonds is 5. The third-order valence-electron chi connectivity index (χ3n) is 2.54. The minimum atomic E-state index is -0.535. The molecule has 0 bridgehead atoms. The maximum absolute atomic E-state index is 9.90. The number of aliphatic hydroxyl groups is 1. The van der Waals surface area contributed by atoms with Crippen LogP contribution < -0.4 is 5.32 Å². The van der Waals surface area contributed by atoms with Gasteiger partial charge in [0, 0.05) is 23.2 Å². The lowest BCUT2D eigenvalue weighted by Crippen LogP contribution is -2.29. The maximum Gasteiger partial charge on any atom is 0.0928 e. The molecule has 15 heavy (non-hydrogen) atoms. The molecule has 0 amide bonds. The van der Waals surface area contributed by atoms with Gasteiger partial charge in [0.25, 0.3) is 0 Å². The number of nitrogens with one attached hydrogen (secondary N) is 1. The minimum absolute atomic E-state index is 0.419. The van der Waals surface area contributed by atoms with Gasteiger partial charge in [0.1, 0.15) is 0 Å². The number of benzene rings is 1. The van der Waals surface area contributed by atoms with E-state index in [1.807, 2.05) is 18.2 Å². The summed E-state index contributed by atoms with van der Waals surface area (Å²) in [6, 6.07) is 7.81. The van der Waals surface area contributed by atoms with Crippen LogP contribution in [0.15, 0.2) is 24.3 Å². The molecule has 0 aliphatic heterocycles. The molecule has 2 nitrogen and oxygen atoms in total. The summed E-state index contributed by atoms with van der Waals surface area (Å²) in [4.78, 5) is 0. The molecule has 1 aromatic rings. The monoisotopic (exact) mass is 227 g/mol. The molecule has 0 aliphatic carbocycles. The first-order valence-electron chi connectivity index (χ1n) is 5.31. The Balaban J connectivity index is 2.54. The van der Waals surface area contributed by atoms with Crippen molar-refractivity contribution >= 4 is 11.6 Å². The van der Waals surface area contributed by atoms with Gasteiger partial charge in [-0.05, 0) is 19.4 Å². The maximum atomic E-state index is 9.90. The van der Waals surface area contributed by atoms with E-state index in [4.69, 9.17) is 11.6 Å². The van der Waals surface area contributed by atoms with Crippen molar-refractivity contribution in [3.8, 4) is 0 Å². The van der Waals surface area contributed by atoms with Gasteiger partial charge < -0.3 is 10.4 Å². The van der Waals surface area contributed by atoms with E-state index in [1.165, 1.54) is 0 Å². The summed E-state index contributed by atoms with van der Waals surface area (Å²) in [7, 11) is 0. The van der Waals surface area contributed by atoms with E-state index in [-0.39, 0.29) is 0 Å². The number of hydrogen-bond acceptors (Lipinski definition) is 2. The van der Waals surface area contributed by atoms with Gasteiger partial charge in [-0.1, -0.05) is 36.7 Å². The van der Waals surface area contributed by atoms with Crippen molar-refractivity contribution < 1.29 is 5.11 Å².